The lowest BCUT2D eigenvalue weighted by Crippen LogP contribution is -2.48. The lowest BCUT2D eigenvalue weighted by molar-refractivity contribution is 0.183. The Hall–Kier alpha value is -2.00. The number of thiophene rings is 1. The smallest absolute Gasteiger partial charge is 0.243 e. The van der Waals surface area contributed by atoms with Crippen molar-refractivity contribution < 1.29 is 8.42 Å². The molecule has 0 spiro atoms. The molecule has 1 aliphatic rings. The monoisotopic (exact) mass is 388 g/mol. The molecule has 3 heterocycles. The van der Waals surface area contributed by atoms with Gasteiger partial charge in [-0.3, -0.25) is 10.00 Å². The van der Waals surface area contributed by atoms with Crippen molar-refractivity contribution >= 4 is 21.4 Å². The summed E-state index contributed by atoms with van der Waals surface area (Å²) in [6.07, 6.45) is 1.75. The van der Waals surface area contributed by atoms with Crippen molar-refractivity contribution in [2.24, 2.45) is 0 Å². The van der Waals surface area contributed by atoms with Crippen LogP contribution in [0.1, 0.15) is 4.88 Å². The zero-order valence-corrected chi connectivity index (χ0v) is 15.8. The lowest BCUT2D eigenvalue weighted by Gasteiger charge is -2.33. The highest BCUT2D eigenvalue weighted by molar-refractivity contribution is 7.89. The van der Waals surface area contributed by atoms with Gasteiger partial charge in [-0.05, 0) is 30.3 Å². The molecule has 0 radical (unpaired) electrons. The maximum absolute atomic E-state index is 12.7. The van der Waals surface area contributed by atoms with Gasteiger partial charge in [-0.25, -0.2) is 8.42 Å². The van der Waals surface area contributed by atoms with Gasteiger partial charge in [0, 0.05) is 43.8 Å². The maximum Gasteiger partial charge on any atom is 0.243 e. The molecule has 26 heavy (non-hydrogen) atoms. The van der Waals surface area contributed by atoms with Crippen LogP contribution >= 0.6 is 11.3 Å². The number of H-pyrrole nitrogens is 1. The third-order valence-electron chi connectivity index (χ3n) is 4.52. The van der Waals surface area contributed by atoms with E-state index in [0.717, 1.165) is 25.3 Å². The highest BCUT2D eigenvalue weighted by Gasteiger charge is 2.28. The van der Waals surface area contributed by atoms with E-state index in [4.69, 9.17) is 0 Å². The first kappa shape index (κ1) is 17.4. The normalized spacial score (nSPS) is 16.8. The van der Waals surface area contributed by atoms with Crippen LogP contribution in [-0.2, 0) is 16.6 Å². The number of aromatic nitrogens is 2. The van der Waals surface area contributed by atoms with Crippen molar-refractivity contribution in [3.05, 3.63) is 59.6 Å². The zero-order valence-electron chi connectivity index (χ0n) is 14.2. The number of nitrogens with zero attached hydrogens (tertiary/aromatic N) is 3. The molecule has 1 aliphatic heterocycles. The Kier molecular flexibility index (Phi) is 4.90. The van der Waals surface area contributed by atoms with Crippen molar-refractivity contribution in [1.82, 2.24) is 19.4 Å². The minimum Gasteiger partial charge on any atom is -0.296 e. The Morgan fingerprint density at radius 1 is 1.00 bits per heavy atom. The van der Waals surface area contributed by atoms with Gasteiger partial charge >= 0.3 is 0 Å². The van der Waals surface area contributed by atoms with Crippen LogP contribution in [0, 0.1) is 0 Å². The zero-order chi connectivity index (χ0) is 18.0. The van der Waals surface area contributed by atoms with Crippen LogP contribution in [0.3, 0.4) is 0 Å². The maximum atomic E-state index is 12.7. The largest absolute Gasteiger partial charge is 0.296 e. The molecule has 3 aromatic rings. The quantitative estimate of drug-likeness (QED) is 0.730. The SMILES string of the molecule is O=S(=O)(c1ccccc1)N1CCN(Cc2ccc(-c3ccn[nH]3)s2)CC1. The van der Waals surface area contributed by atoms with Gasteiger partial charge in [-0.2, -0.15) is 9.40 Å². The molecular weight excluding hydrogens is 368 g/mol. The molecule has 136 valence electrons. The summed E-state index contributed by atoms with van der Waals surface area (Å²) in [6.45, 7) is 3.37. The van der Waals surface area contributed by atoms with Crippen LogP contribution in [0.15, 0.2) is 59.6 Å². The predicted molar refractivity (Wildman–Crippen MR) is 102 cm³/mol. The molecular formula is C18H20N4O2S2. The van der Waals surface area contributed by atoms with Gasteiger partial charge in [0.2, 0.25) is 10.0 Å². The lowest BCUT2D eigenvalue weighted by atomic mass is 10.3. The summed E-state index contributed by atoms with van der Waals surface area (Å²) in [7, 11) is -3.39. The summed E-state index contributed by atoms with van der Waals surface area (Å²) in [5.74, 6) is 0. The van der Waals surface area contributed by atoms with E-state index in [1.807, 2.05) is 12.1 Å². The number of nitrogens with one attached hydrogen (secondary N) is 1. The van der Waals surface area contributed by atoms with Crippen LogP contribution in [0.4, 0.5) is 0 Å². The van der Waals surface area contributed by atoms with Crippen molar-refractivity contribution in [1.29, 1.82) is 0 Å². The van der Waals surface area contributed by atoms with Crippen LogP contribution in [-0.4, -0.2) is 54.0 Å². The summed E-state index contributed by atoms with van der Waals surface area (Å²) in [5.41, 5.74) is 1.03. The molecule has 6 nitrogen and oxygen atoms in total. The van der Waals surface area contributed by atoms with E-state index in [1.54, 1.807) is 46.1 Å². The van der Waals surface area contributed by atoms with Crippen molar-refractivity contribution in [2.75, 3.05) is 26.2 Å². The fraction of sp³-hybridized carbons (Fsp3) is 0.278. The summed E-state index contributed by atoms with van der Waals surface area (Å²) in [6, 6.07) is 14.9. The van der Waals surface area contributed by atoms with E-state index in [1.165, 1.54) is 9.75 Å². The molecule has 0 aliphatic carbocycles. The Morgan fingerprint density at radius 2 is 1.77 bits per heavy atom. The number of hydrogen-bond donors (Lipinski definition) is 1. The molecule has 1 aromatic carbocycles. The van der Waals surface area contributed by atoms with E-state index >= 15 is 0 Å². The number of rotatable bonds is 5. The molecule has 0 saturated carbocycles. The second kappa shape index (κ2) is 7.32. The Bertz CT molecular complexity index is 944. The minimum absolute atomic E-state index is 0.371. The summed E-state index contributed by atoms with van der Waals surface area (Å²) >= 11 is 1.74. The van der Waals surface area contributed by atoms with Crippen molar-refractivity contribution in [2.45, 2.75) is 11.4 Å². The number of hydrogen-bond acceptors (Lipinski definition) is 5. The van der Waals surface area contributed by atoms with Gasteiger partial charge in [-0.1, -0.05) is 18.2 Å². The Balaban J connectivity index is 1.37. The van der Waals surface area contributed by atoms with Crippen LogP contribution in [0.2, 0.25) is 0 Å². The van der Waals surface area contributed by atoms with Crippen LogP contribution in [0.5, 0.6) is 0 Å². The first-order valence-corrected chi connectivity index (χ1v) is 10.7. The van der Waals surface area contributed by atoms with E-state index < -0.39 is 10.0 Å². The Labute approximate surface area is 157 Å². The molecule has 2 aromatic heterocycles. The number of sulfonamides is 1. The second-order valence-corrected chi connectivity index (χ2v) is 9.34. The Morgan fingerprint density at radius 3 is 2.46 bits per heavy atom. The standard InChI is InChI=1S/C18H20N4O2S2/c23-26(24,16-4-2-1-3-5-16)22-12-10-21(11-13-22)14-15-6-7-18(25-15)17-8-9-19-20-17/h1-9H,10-14H2,(H,19,20). The molecule has 4 rings (SSSR count). The molecule has 1 saturated heterocycles. The predicted octanol–water partition coefficient (Wildman–Crippen LogP) is 2.64. The minimum atomic E-state index is -3.39. The fourth-order valence-electron chi connectivity index (χ4n) is 3.09. The number of piperazine rings is 1. The molecule has 1 fully saturated rings. The molecule has 8 heteroatoms. The first-order valence-electron chi connectivity index (χ1n) is 8.49. The van der Waals surface area contributed by atoms with Crippen LogP contribution < -0.4 is 0 Å². The van der Waals surface area contributed by atoms with Gasteiger partial charge in [0.25, 0.3) is 0 Å². The van der Waals surface area contributed by atoms with Gasteiger partial charge in [0.15, 0.2) is 0 Å². The van der Waals surface area contributed by atoms with Crippen molar-refractivity contribution in [3.8, 4) is 10.6 Å². The summed E-state index contributed by atoms with van der Waals surface area (Å²) in [4.78, 5) is 5.12. The summed E-state index contributed by atoms with van der Waals surface area (Å²) in [5, 5.41) is 6.97. The second-order valence-electron chi connectivity index (χ2n) is 6.23. The molecule has 0 bridgehead atoms. The van der Waals surface area contributed by atoms with Crippen LogP contribution in [0.25, 0.3) is 10.6 Å². The highest BCUT2D eigenvalue weighted by Crippen LogP contribution is 2.27. The highest BCUT2D eigenvalue weighted by atomic mass is 32.2. The third kappa shape index (κ3) is 3.59. The van der Waals surface area contributed by atoms with E-state index in [0.29, 0.717) is 18.0 Å². The molecule has 0 amide bonds. The molecule has 1 N–H and O–H groups in total. The third-order valence-corrected chi connectivity index (χ3v) is 7.54. The average Bonchev–Trinajstić information content (AvgIpc) is 3.34. The first-order chi connectivity index (χ1) is 12.6. The number of aromatic amines is 1. The summed E-state index contributed by atoms with van der Waals surface area (Å²) < 4.78 is 27.0. The molecule has 0 atom stereocenters. The topological polar surface area (TPSA) is 69.3 Å². The van der Waals surface area contributed by atoms with Gasteiger partial charge < -0.3 is 0 Å². The van der Waals surface area contributed by atoms with Crippen molar-refractivity contribution in [3.63, 3.8) is 0 Å². The van der Waals surface area contributed by atoms with Gasteiger partial charge in [0.05, 0.1) is 15.5 Å². The van der Waals surface area contributed by atoms with E-state index in [2.05, 4.69) is 27.2 Å². The van der Waals surface area contributed by atoms with E-state index in [9.17, 15) is 8.42 Å². The fourth-order valence-corrected chi connectivity index (χ4v) is 5.56. The van der Waals surface area contributed by atoms with Gasteiger partial charge in [0.1, 0.15) is 0 Å². The average molecular weight is 389 g/mol. The molecule has 0 unspecified atom stereocenters. The number of benzene rings is 1. The van der Waals surface area contributed by atoms with E-state index in [-0.39, 0.29) is 0 Å². The van der Waals surface area contributed by atoms with Gasteiger partial charge in [-0.15, -0.1) is 11.3 Å².